The average molecular weight is 306 g/mol. The number of hydrogen-bond acceptors (Lipinski definition) is 3. The number of anilines is 1. The number of aromatic nitrogens is 1. The van der Waals surface area contributed by atoms with Crippen LogP contribution in [0.2, 0.25) is 0 Å². The summed E-state index contributed by atoms with van der Waals surface area (Å²) in [6.07, 6.45) is 4.98. The van der Waals surface area contributed by atoms with E-state index in [0.29, 0.717) is 5.82 Å². The number of rotatable bonds is 4. The van der Waals surface area contributed by atoms with Crippen LogP contribution in [-0.4, -0.2) is 10.9 Å². The summed E-state index contributed by atoms with van der Waals surface area (Å²) in [5.41, 5.74) is 1.19. The number of nitrogens with zero attached hydrogens (tertiary/aromatic N) is 1. The molecule has 1 aromatic carbocycles. The minimum atomic E-state index is -0.187. The number of thiophene rings is 1. The summed E-state index contributed by atoms with van der Waals surface area (Å²) in [6, 6.07) is 19.7. The number of carbonyl (C=O) groups excluding carboxylic acids is 1. The molecule has 0 unspecified atom stereocenters. The van der Waals surface area contributed by atoms with Crippen molar-refractivity contribution in [2.45, 2.75) is 0 Å². The molecule has 0 radical (unpaired) electrons. The summed E-state index contributed by atoms with van der Waals surface area (Å²) >= 11 is 1.65. The molecule has 0 spiro atoms. The van der Waals surface area contributed by atoms with Crippen LogP contribution >= 0.6 is 11.3 Å². The van der Waals surface area contributed by atoms with Crippen molar-refractivity contribution < 1.29 is 4.79 Å². The summed E-state index contributed by atoms with van der Waals surface area (Å²) in [5.74, 6) is 0.363. The van der Waals surface area contributed by atoms with Crippen molar-refractivity contribution in [3.05, 3.63) is 77.8 Å². The van der Waals surface area contributed by atoms with Crippen molar-refractivity contribution in [1.82, 2.24) is 4.98 Å². The number of amides is 1. The van der Waals surface area contributed by atoms with Gasteiger partial charge in [0.2, 0.25) is 5.91 Å². The van der Waals surface area contributed by atoms with Gasteiger partial charge in [-0.05, 0) is 35.9 Å². The van der Waals surface area contributed by atoms with Crippen molar-refractivity contribution in [1.29, 1.82) is 0 Å². The third kappa shape index (κ3) is 3.68. The smallest absolute Gasteiger partial charge is 0.249 e. The second kappa shape index (κ2) is 6.83. The summed E-state index contributed by atoms with van der Waals surface area (Å²) in [7, 11) is 0. The summed E-state index contributed by atoms with van der Waals surface area (Å²) in [4.78, 5) is 18.1. The molecule has 0 saturated heterocycles. The molecule has 1 amide bonds. The van der Waals surface area contributed by atoms with Crippen LogP contribution in [0.15, 0.2) is 72.9 Å². The number of benzene rings is 1. The Morgan fingerprint density at radius 2 is 1.82 bits per heavy atom. The van der Waals surface area contributed by atoms with Crippen LogP contribution in [0.25, 0.3) is 16.5 Å². The molecule has 0 saturated carbocycles. The van der Waals surface area contributed by atoms with Crippen molar-refractivity contribution in [2.75, 3.05) is 5.32 Å². The van der Waals surface area contributed by atoms with Crippen LogP contribution in [0.5, 0.6) is 0 Å². The van der Waals surface area contributed by atoms with Gasteiger partial charge in [0.25, 0.3) is 0 Å². The van der Waals surface area contributed by atoms with E-state index >= 15 is 0 Å². The van der Waals surface area contributed by atoms with Crippen LogP contribution < -0.4 is 5.32 Å². The van der Waals surface area contributed by atoms with Crippen LogP contribution in [0, 0.1) is 0 Å². The lowest BCUT2D eigenvalue weighted by molar-refractivity contribution is -0.111. The average Bonchev–Trinajstić information content (AvgIpc) is 3.04. The van der Waals surface area contributed by atoms with Gasteiger partial charge in [0.05, 0.1) is 0 Å². The molecule has 0 fully saturated rings. The fourth-order valence-corrected chi connectivity index (χ4v) is 2.88. The van der Waals surface area contributed by atoms with E-state index in [1.807, 2.05) is 42.5 Å². The van der Waals surface area contributed by atoms with Gasteiger partial charge in [0.1, 0.15) is 5.82 Å². The molecule has 0 aliphatic heterocycles. The molecule has 2 aromatic heterocycles. The van der Waals surface area contributed by atoms with E-state index in [-0.39, 0.29) is 5.91 Å². The number of hydrogen-bond donors (Lipinski definition) is 1. The molecule has 0 atom stereocenters. The maximum atomic E-state index is 11.8. The van der Waals surface area contributed by atoms with Gasteiger partial charge in [0, 0.05) is 22.0 Å². The highest BCUT2D eigenvalue weighted by Gasteiger charge is 2.01. The van der Waals surface area contributed by atoms with Crippen LogP contribution in [0.3, 0.4) is 0 Å². The highest BCUT2D eigenvalue weighted by molar-refractivity contribution is 7.16. The van der Waals surface area contributed by atoms with Crippen molar-refractivity contribution in [3.63, 3.8) is 0 Å². The van der Waals surface area contributed by atoms with E-state index < -0.39 is 0 Å². The topological polar surface area (TPSA) is 42.0 Å². The van der Waals surface area contributed by atoms with Gasteiger partial charge in [-0.1, -0.05) is 36.4 Å². The lowest BCUT2D eigenvalue weighted by atomic mass is 10.2. The van der Waals surface area contributed by atoms with Crippen LogP contribution in [0.1, 0.15) is 4.88 Å². The molecule has 0 aliphatic carbocycles. The zero-order chi connectivity index (χ0) is 15.2. The molecule has 2 heterocycles. The quantitative estimate of drug-likeness (QED) is 0.723. The highest BCUT2D eigenvalue weighted by atomic mass is 32.1. The Bertz CT molecular complexity index is 779. The molecule has 3 nitrogen and oxygen atoms in total. The van der Waals surface area contributed by atoms with E-state index in [1.54, 1.807) is 23.6 Å². The Morgan fingerprint density at radius 1 is 1.00 bits per heavy atom. The first-order valence-electron chi connectivity index (χ1n) is 6.86. The maximum Gasteiger partial charge on any atom is 0.249 e. The lowest BCUT2D eigenvalue weighted by Gasteiger charge is -1.98. The molecule has 3 aromatic rings. The van der Waals surface area contributed by atoms with Gasteiger partial charge in [-0.2, -0.15) is 0 Å². The number of pyridine rings is 1. The van der Waals surface area contributed by atoms with Gasteiger partial charge < -0.3 is 5.32 Å². The third-order valence-electron chi connectivity index (χ3n) is 3.00. The Balaban J connectivity index is 1.66. The number of carbonyl (C=O) groups is 1. The fourth-order valence-electron chi connectivity index (χ4n) is 1.96. The van der Waals surface area contributed by atoms with E-state index in [4.69, 9.17) is 0 Å². The Morgan fingerprint density at radius 3 is 2.59 bits per heavy atom. The normalized spacial score (nSPS) is 10.7. The molecule has 0 bridgehead atoms. The van der Waals surface area contributed by atoms with E-state index in [1.165, 1.54) is 16.5 Å². The zero-order valence-corrected chi connectivity index (χ0v) is 12.6. The molecule has 1 N–H and O–H groups in total. The van der Waals surface area contributed by atoms with Gasteiger partial charge in [-0.25, -0.2) is 4.98 Å². The largest absolute Gasteiger partial charge is 0.307 e. The lowest BCUT2D eigenvalue weighted by Crippen LogP contribution is -2.08. The first kappa shape index (κ1) is 14.2. The molecule has 22 heavy (non-hydrogen) atoms. The zero-order valence-electron chi connectivity index (χ0n) is 11.8. The number of nitrogens with one attached hydrogen (secondary N) is 1. The predicted octanol–water partition coefficient (Wildman–Crippen LogP) is 4.46. The standard InChI is InChI=1S/C18H14N2OS/c21-18(20-17-8-4-5-13-19-17)12-10-15-9-11-16(22-15)14-6-2-1-3-7-14/h1-13H,(H,19,20,21)/b12-10+. The molecule has 108 valence electrons. The third-order valence-corrected chi connectivity index (χ3v) is 4.10. The molecule has 0 aliphatic rings. The highest BCUT2D eigenvalue weighted by Crippen LogP contribution is 2.28. The molecule has 4 heteroatoms. The second-order valence-electron chi connectivity index (χ2n) is 4.61. The summed E-state index contributed by atoms with van der Waals surface area (Å²) < 4.78 is 0. The maximum absolute atomic E-state index is 11.8. The van der Waals surface area contributed by atoms with Crippen LogP contribution in [0.4, 0.5) is 5.82 Å². The Labute approximate surface area is 133 Å². The van der Waals surface area contributed by atoms with Gasteiger partial charge in [-0.3, -0.25) is 4.79 Å². The second-order valence-corrected chi connectivity index (χ2v) is 5.72. The predicted molar refractivity (Wildman–Crippen MR) is 91.7 cm³/mol. The Kier molecular flexibility index (Phi) is 4.41. The van der Waals surface area contributed by atoms with Gasteiger partial charge in [-0.15, -0.1) is 11.3 Å². The molecular formula is C18H14N2OS. The molecular weight excluding hydrogens is 292 g/mol. The van der Waals surface area contributed by atoms with Crippen molar-refractivity contribution in [3.8, 4) is 10.4 Å². The van der Waals surface area contributed by atoms with Crippen molar-refractivity contribution in [2.24, 2.45) is 0 Å². The monoisotopic (exact) mass is 306 g/mol. The first-order chi connectivity index (χ1) is 10.8. The summed E-state index contributed by atoms with van der Waals surface area (Å²) in [6.45, 7) is 0. The van der Waals surface area contributed by atoms with Crippen LogP contribution in [-0.2, 0) is 4.79 Å². The van der Waals surface area contributed by atoms with Crippen molar-refractivity contribution >= 4 is 29.1 Å². The minimum absolute atomic E-state index is 0.187. The summed E-state index contributed by atoms with van der Waals surface area (Å²) in [5, 5.41) is 2.72. The van der Waals surface area contributed by atoms with Gasteiger partial charge >= 0.3 is 0 Å². The molecule has 3 rings (SSSR count). The van der Waals surface area contributed by atoms with E-state index in [0.717, 1.165) is 4.88 Å². The fraction of sp³-hybridized carbons (Fsp3) is 0. The van der Waals surface area contributed by atoms with E-state index in [9.17, 15) is 4.79 Å². The Hall–Kier alpha value is -2.72. The SMILES string of the molecule is O=C(/C=C/c1ccc(-c2ccccc2)s1)Nc1ccccn1. The van der Waals surface area contributed by atoms with Gasteiger partial charge in [0.15, 0.2) is 0 Å². The van der Waals surface area contributed by atoms with E-state index in [2.05, 4.69) is 28.5 Å². The first-order valence-corrected chi connectivity index (χ1v) is 7.68. The minimum Gasteiger partial charge on any atom is -0.307 e.